The van der Waals surface area contributed by atoms with Crippen molar-refractivity contribution in [1.29, 1.82) is 0 Å². The van der Waals surface area contributed by atoms with Crippen molar-refractivity contribution in [2.45, 2.75) is 13.5 Å². The Morgan fingerprint density at radius 2 is 1.90 bits per heavy atom. The van der Waals surface area contributed by atoms with Crippen LogP contribution in [0, 0.1) is 12.7 Å². The van der Waals surface area contributed by atoms with E-state index in [-0.39, 0.29) is 30.8 Å². The Labute approximate surface area is 254 Å². The number of furan rings is 1. The molecule has 0 saturated carbocycles. The summed E-state index contributed by atoms with van der Waals surface area (Å²) in [5, 5.41) is 11.5. The molecule has 2 amide bonds. The average Bonchev–Trinajstić information content (AvgIpc) is 3.59. The van der Waals surface area contributed by atoms with Gasteiger partial charge < -0.3 is 14.5 Å². The standard InChI is InChI=1S/C31H24BrFN4O4S/c1-20-4-11-25(12-5-20)35-29(38)19-41-27-13-8-23(32)15-22(27)16-28-30(39)37(18-26-3-2-14-40-26)31(42-28)36-34-17-21-6-9-24(33)10-7-21/h2-17H,18-19H2,1H3,(H,35,38)/b28-16-,34-17-,36-31+. The summed E-state index contributed by atoms with van der Waals surface area (Å²) in [6.07, 6.45) is 4.70. The van der Waals surface area contributed by atoms with Gasteiger partial charge in [-0.1, -0.05) is 45.8 Å². The summed E-state index contributed by atoms with van der Waals surface area (Å²) < 4.78 is 25.3. The van der Waals surface area contributed by atoms with E-state index in [1.165, 1.54) is 29.5 Å². The van der Waals surface area contributed by atoms with Gasteiger partial charge in [-0.2, -0.15) is 5.10 Å². The van der Waals surface area contributed by atoms with Gasteiger partial charge >= 0.3 is 0 Å². The summed E-state index contributed by atoms with van der Waals surface area (Å²) in [7, 11) is 0. The van der Waals surface area contributed by atoms with Crippen LogP contribution in [0.4, 0.5) is 10.1 Å². The van der Waals surface area contributed by atoms with Gasteiger partial charge in [0.15, 0.2) is 11.8 Å². The van der Waals surface area contributed by atoms with Gasteiger partial charge in [0.25, 0.3) is 11.8 Å². The van der Waals surface area contributed by atoms with E-state index in [4.69, 9.17) is 9.15 Å². The van der Waals surface area contributed by atoms with Gasteiger partial charge in [-0.05, 0) is 84.9 Å². The van der Waals surface area contributed by atoms with Crippen molar-refractivity contribution in [3.63, 3.8) is 0 Å². The topological polar surface area (TPSA) is 96.5 Å². The van der Waals surface area contributed by atoms with Gasteiger partial charge in [0.05, 0.1) is 23.9 Å². The molecule has 0 atom stereocenters. The first-order chi connectivity index (χ1) is 20.3. The summed E-state index contributed by atoms with van der Waals surface area (Å²) in [6.45, 7) is 1.90. The zero-order chi connectivity index (χ0) is 29.5. The quantitative estimate of drug-likeness (QED) is 0.120. The van der Waals surface area contributed by atoms with E-state index in [1.807, 2.05) is 31.2 Å². The molecule has 1 N–H and O–H groups in total. The summed E-state index contributed by atoms with van der Waals surface area (Å²) >= 11 is 4.62. The summed E-state index contributed by atoms with van der Waals surface area (Å²) in [5.41, 5.74) is 3.01. The first-order valence-electron chi connectivity index (χ1n) is 12.7. The molecule has 0 aliphatic carbocycles. The molecule has 1 aliphatic rings. The lowest BCUT2D eigenvalue weighted by Gasteiger charge is -2.13. The molecule has 1 aliphatic heterocycles. The zero-order valence-electron chi connectivity index (χ0n) is 22.3. The highest BCUT2D eigenvalue weighted by Gasteiger charge is 2.34. The number of ether oxygens (including phenoxy) is 1. The van der Waals surface area contributed by atoms with Gasteiger partial charge in [-0.25, -0.2) is 4.39 Å². The van der Waals surface area contributed by atoms with E-state index in [2.05, 4.69) is 31.4 Å². The minimum atomic E-state index is -0.349. The predicted octanol–water partition coefficient (Wildman–Crippen LogP) is 7.01. The molecule has 0 bridgehead atoms. The summed E-state index contributed by atoms with van der Waals surface area (Å²) in [6, 6.07) is 22.1. The third-order valence-electron chi connectivity index (χ3n) is 5.95. The highest BCUT2D eigenvalue weighted by molar-refractivity contribution is 9.10. The van der Waals surface area contributed by atoms with Crippen molar-refractivity contribution >= 4 is 62.7 Å². The van der Waals surface area contributed by atoms with E-state index in [9.17, 15) is 14.0 Å². The fourth-order valence-corrected chi connectivity index (χ4v) is 5.16. The minimum Gasteiger partial charge on any atom is -0.483 e. The molecule has 1 saturated heterocycles. The molecular weight excluding hydrogens is 623 g/mol. The van der Waals surface area contributed by atoms with Gasteiger partial charge in [0.2, 0.25) is 0 Å². The fraction of sp³-hybridized carbons (Fsp3) is 0.0968. The number of halogens is 2. The number of nitrogens with zero attached hydrogens (tertiary/aromatic N) is 3. The smallest absolute Gasteiger partial charge is 0.267 e. The van der Waals surface area contributed by atoms with E-state index < -0.39 is 0 Å². The van der Waals surface area contributed by atoms with E-state index in [0.717, 1.165) is 21.8 Å². The fourth-order valence-electron chi connectivity index (χ4n) is 3.86. The number of hydrogen-bond acceptors (Lipinski definition) is 7. The molecule has 0 radical (unpaired) electrons. The van der Waals surface area contributed by atoms with Crippen molar-refractivity contribution in [2.75, 3.05) is 11.9 Å². The van der Waals surface area contributed by atoms with Crippen molar-refractivity contribution in [3.05, 3.63) is 123 Å². The van der Waals surface area contributed by atoms with Crippen LogP contribution in [-0.4, -0.2) is 34.7 Å². The molecule has 4 aromatic rings. The Bertz CT molecular complexity index is 1670. The maximum atomic E-state index is 13.5. The minimum absolute atomic E-state index is 0.155. The molecule has 5 rings (SSSR count). The Morgan fingerprint density at radius 1 is 1.12 bits per heavy atom. The van der Waals surface area contributed by atoms with E-state index in [1.54, 1.807) is 48.5 Å². The maximum absolute atomic E-state index is 13.5. The number of hydrogen-bond donors (Lipinski definition) is 1. The summed E-state index contributed by atoms with van der Waals surface area (Å²) in [4.78, 5) is 27.9. The van der Waals surface area contributed by atoms with Crippen LogP contribution in [0.2, 0.25) is 0 Å². The Morgan fingerprint density at radius 3 is 2.64 bits per heavy atom. The second-order valence-electron chi connectivity index (χ2n) is 9.15. The second-order valence-corrected chi connectivity index (χ2v) is 11.1. The molecule has 2 heterocycles. The number of amidine groups is 1. The highest BCUT2D eigenvalue weighted by atomic mass is 79.9. The molecule has 1 fully saturated rings. The molecular formula is C31H24BrFN4O4S. The number of anilines is 1. The Balaban J connectivity index is 1.36. The lowest BCUT2D eigenvalue weighted by molar-refractivity contribution is -0.122. The second kappa shape index (κ2) is 13.5. The van der Waals surface area contributed by atoms with Crippen molar-refractivity contribution < 1.29 is 23.1 Å². The third-order valence-corrected chi connectivity index (χ3v) is 7.44. The van der Waals surface area contributed by atoms with Gasteiger partial charge in [0.1, 0.15) is 17.3 Å². The zero-order valence-corrected chi connectivity index (χ0v) is 24.7. The number of rotatable bonds is 9. The average molecular weight is 648 g/mol. The predicted molar refractivity (Wildman–Crippen MR) is 166 cm³/mol. The van der Waals surface area contributed by atoms with Crippen LogP contribution in [0.5, 0.6) is 5.75 Å². The molecule has 0 unspecified atom stereocenters. The van der Waals surface area contributed by atoms with E-state index >= 15 is 0 Å². The van der Waals surface area contributed by atoms with E-state index in [0.29, 0.717) is 38.4 Å². The number of carbonyl (C=O) groups is 2. The number of thioether (sulfide) groups is 1. The first kappa shape index (κ1) is 29.0. The summed E-state index contributed by atoms with van der Waals surface area (Å²) in [5.74, 6) is 0.0412. The van der Waals surface area contributed by atoms with Crippen LogP contribution in [0.3, 0.4) is 0 Å². The van der Waals surface area contributed by atoms with Crippen LogP contribution < -0.4 is 10.1 Å². The van der Waals surface area contributed by atoms with Crippen molar-refractivity contribution in [1.82, 2.24) is 4.90 Å². The number of nitrogens with one attached hydrogen (secondary N) is 1. The third kappa shape index (κ3) is 7.62. The van der Waals surface area contributed by atoms with Gasteiger partial charge in [-0.15, -0.1) is 5.10 Å². The number of benzene rings is 3. The maximum Gasteiger partial charge on any atom is 0.267 e. The molecule has 212 valence electrons. The molecule has 3 aromatic carbocycles. The SMILES string of the molecule is Cc1ccc(NC(=O)COc2ccc(Br)cc2/C=C2\S/C(=N/N=C\c3ccc(F)cc3)N(Cc3ccco3)C2=O)cc1. The van der Waals surface area contributed by atoms with Gasteiger partial charge in [0, 0.05) is 15.7 Å². The first-order valence-corrected chi connectivity index (χ1v) is 14.3. The number of aryl methyl sites for hydroxylation is 1. The normalized spacial score (nSPS) is 15.2. The van der Waals surface area contributed by atoms with Crippen LogP contribution in [0.1, 0.15) is 22.5 Å². The number of amides is 2. The van der Waals surface area contributed by atoms with Crippen molar-refractivity contribution in [3.8, 4) is 5.75 Å². The molecule has 8 nitrogen and oxygen atoms in total. The van der Waals surface area contributed by atoms with Crippen LogP contribution >= 0.6 is 27.7 Å². The largest absolute Gasteiger partial charge is 0.483 e. The molecule has 0 spiro atoms. The monoisotopic (exact) mass is 646 g/mol. The lowest BCUT2D eigenvalue weighted by Crippen LogP contribution is -2.28. The lowest BCUT2D eigenvalue weighted by atomic mass is 10.2. The molecule has 42 heavy (non-hydrogen) atoms. The van der Waals surface area contributed by atoms with Crippen LogP contribution in [-0.2, 0) is 16.1 Å². The molecule has 11 heteroatoms. The van der Waals surface area contributed by atoms with Crippen LogP contribution in [0.25, 0.3) is 6.08 Å². The Kier molecular flexibility index (Phi) is 9.30. The van der Waals surface area contributed by atoms with Crippen molar-refractivity contribution in [2.24, 2.45) is 10.2 Å². The van der Waals surface area contributed by atoms with Gasteiger partial charge in [-0.3, -0.25) is 14.5 Å². The molecule has 1 aromatic heterocycles. The van der Waals surface area contributed by atoms with Crippen LogP contribution in [0.15, 0.2) is 109 Å². The Hall–Kier alpha value is -4.48. The number of carbonyl (C=O) groups excluding carboxylic acids is 2. The highest BCUT2D eigenvalue weighted by Crippen LogP contribution is 2.36.